The van der Waals surface area contributed by atoms with Gasteiger partial charge in [0.15, 0.2) is 0 Å². The molecule has 0 aliphatic carbocycles. The monoisotopic (exact) mass is 404 g/mol. The number of ether oxygens (including phenoxy) is 1. The number of aryl methyl sites for hydroxylation is 1. The number of anilines is 2. The van der Waals surface area contributed by atoms with Crippen LogP contribution in [0.15, 0.2) is 47.4 Å². The standard InChI is InChI=1S/C21H28N2O4S/c1-6-21(4,5)20(24)22-17-9-8-15(3)19(14-17)28(25,26)23-16-10-12-18(13-11-16)27-7-2/h8-14,23H,6-7H2,1-5H3,(H,22,24). The Kier molecular flexibility index (Phi) is 6.72. The maximum Gasteiger partial charge on any atom is 0.262 e. The highest BCUT2D eigenvalue weighted by molar-refractivity contribution is 7.92. The molecule has 0 aliphatic heterocycles. The zero-order chi connectivity index (χ0) is 20.9. The first-order valence-corrected chi connectivity index (χ1v) is 10.7. The van der Waals surface area contributed by atoms with Gasteiger partial charge in [-0.05, 0) is 62.2 Å². The van der Waals surface area contributed by atoms with Crippen molar-refractivity contribution in [2.24, 2.45) is 5.41 Å². The first-order chi connectivity index (χ1) is 13.1. The quantitative estimate of drug-likeness (QED) is 0.675. The van der Waals surface area contributed by atoms with E-state index in [1.165, 1.54) is 6.07 Å². The number of carbonyl (C=O) groups excluding carboxylic acids is 1. The minimum absolute atomic E-state index is 0.119. The molecule has 1 amide bonds. The molecule has 0 atom stereocenters. The second kappa shape index (κ2) is 8.65. The molecule has 2 N–H and O–H groups in total. The van der Waals surface area contributed by atoms with E-state index in [0.717, 1.165) is 0 Å². The maximum absolute atomic E-state index is 12.9. The van der Waals surface area contributed by atoms with Crippen molar-refractivity contribution >= 4 is 27.3 Å². The lowest BCUT2D eigenvalue weighted by Gasteiger charge is -2.22. The minimum Gasteiger partial charge on any atom is -0.494 e. The van der Waals surface area contributed by atoms with E-state index in [1.54, 1.807) is 43.3 Å². The molecule has 0 heterocycles. The van der Waals surface area contributed by atoms with Gasteiger partial charge in [0.25, 0.3) is 10.0 Å². The first-order valence-electron chi connectivity index (χ1n) is 9.27. The van der Waals surface area contributed by atoms with Crippen molar-refractivity contribution in [1.82, 2.24) is 0 Å². The number of carbonyl (C=O) groups is 1. The van der Waals surface area contributed by atoms with Crippen LogP contribution in [0.5, 0.6) is 5.75 Å². The van der Waals surface area contributed by atoms with Gasteiger partial charge in [0.1, 0.15) is 5.75 Å². The Hall–Kier alpha value is -2.54. The van der Waals surface area contributed by atoms with E-state index in [9.17, 15) is 13.2 Å². The van der Waals surface area contributed by atoms with Crippen molar-refractivity contribution in [2.75, 3.05) is 16.6 Å². The fraction of sp³-hybridized carbons (Fsp3) is 0.381. The van der Waals surface area contributed by atoms with Gasteiger partial charge >= 0.3 is 0 Å². The molecular weight excluding hydrogens is 376 g/mol. The van der Waals surface area contributed by atoms with Crippen LogP contribution < -0.4 is 14.8 Å². The van der Waals surface area contributed by atoms with Gasteiger partial charge in [-0.3, -0.25) is 9.52 Å². The number of sulfonamides is 1. The fourth-order valence-corrected chi connectivity index (χ4v) is 3.75. The average Bonchev–Trinajstić information content (AvgIpc) is 2.64. The van der Waals surface area contributed by atoms with E-state index in [2.05, 4.69) is 10.0 Å². The van der Waals surface area contributed by atoms with E-state index in [0.29, 0.717) is 35.7 Å². The molecule has 2 aromatic rings. The number of rotatable bonds is 8. The molecule has 0 saturated carbocycles. The molecule has 0 aliphatic rings. The number of nitrogens with one attached hydrogen (secondary N) is 2. The molecular formula is C21H28N2O4S. The maximum atomic E-state index is 12.9. The lowest BCUT2D eigenvalue weighted by Crippen LogP contribution is -2.30. The summed E-state index contributed by atoms with van der Waals surface area (Å²) in [6, 6.07) is 11.6. The second-order valence-corrected chi connectivity index (χ2v) is 8.89. The zero-order valence-corrected chi connectivity index (χ0v) is 17.8. The van der Waals surface area contributed by atoms with Crippen molar-refractivity contribution in [2.45, 2.75) is 45.9 Å². The molecule has 0 radical (unpaired) electrons. The second-order valence-electron chi connectivity index (χ2n) is 7.23. The van der Waals surface area contributed by atoms with Gasteiger partial charge in [0, 0.05) is 16.8 Å². The SMILES string of the molecule is CCOc1ccc(NS(=O)(=O)c2cc(NC(=O)C(C)(C)CC)ccc2C)cc1. The molecule has 0 unspecified atom stereocenters. The van der Waals surface area contributed by atoms with E-state index in [1.807, 2.05) is 27.7 Å². The number of benzene rings is 2. The summed E-state index contributed by atoms with van der Waals surface area (Å²) in [6.45, 7) is 9.77. The normalized spacial score (nSPS) is 11.8. The fourth-order valence-electron chi connectivity index (χ4n) is 2.42. The highest BCUT2D eigenvalue weighted by atomic mass is 32.2. The Morgan fingerprint density at radius 1 is 1.04 bits per heavy atom. The highest BCUT2D eigenvalue weighted by Crippen LogP contribution is 2.26. The lowest BCUT2D eigenvalue weighted by molar-refractivity contribution is -0.124. The third-order valence-electron chi connectivity index (χ3n) is 4.65. The van der Waals surface area contributed by atoms with Gasteiger partial charge in [-0.15, -0.1) is 0 Å². The Balaban J connectivity index is 2.26. The summed E-state index contributed by atoms with van der Waals surface area (Å²) in [5.74, 6) is 0.520. The Morgan fingerprint density at radius 3 is 2.21 bits per heavy atom. The van der Waals surface area contributed by atoms with E-state index >= 15 is 0 Å². The molecule has 0 saturated heterocycles. The molecule has 0 aromatic heterocycles. The predicted molar refractivity (Wildman–Crippen MR) is 112 cm³/mol. The third-order valence-corrected chi connectivity index (χ3v) is 6.17. The molecule has 152 valence electrons. The Labute approximate surface area is 167 Å². The van der Waals surface area contributed by atoms with Crippen LogP contribution in [-0.2, 0) is 14.8 Å². The first kappa shape index (κ1) is 21.8. The van der Waals surface area contributed by atoms with Crippen molar-refractivity contribution in [3.8, 4) is 5.75 Å². The molecule has 28 heavy (non-hydrogen) atoms. The van der Waals surface area contributed by atoms with Gasteiger partial charge in [0.2, 0.25) is 5.91 Å². The van der Waals surface area contributed by atoms with Crippen LogP contribution in [0, 0.1) is 12.3 Å². The summed E-state index contributed by atoms with van der Waals surface area (Å²) in [7, 11) is -3.81. The van der Waals surface area contributed by atoms with E-state index in [4.69, 9.17) is 4.74 Å². The van der Waals surface area contributed by atoms with Crippen LogP contribution in [0.1, 0.15) is 39.7 Å². The summed E-state index contributed by atoms with van der Waals surface area (Å²) >= 11 is 0. The van der Waals surface area contributed by atoms with E-state index < -0.39 is 15.4 Å². The van der Waals surface area contributed by atoms with Crippen molar-refractivity contribution < 1.29 is 17.9 Å². The smallest absolute Gasteiger partial charge is 0.262 e. The summed E-state index contributed by atoms with van der Waals surface area (Å²) < 4.78 is 33.7. The number of hydrogen-bond acceptors (Lipinski definition) is 4. The molecule has 2 rings (SSSR count). The largest absolute Gasteiger partial charge is 0.494 e. The summed E-state index contributed by atoms with van der Waals surface area (Å²) in [5.41, 5.74) is 0.935. The van der Waals surface area contributed by atoms with Gasteiger partial charge in [-0.25, -0.2) is 8.42 Å². The van der Waals surface area contributed by atoms with Gasteiger partial charge in [-0.1, -0.05) is 26.8 Å². The van der Waals surface area contributed by atoms with Crippen molar-refractivity contribution in [3.63, 3.8) is 0 Å². The minimum atomic E-state index is -3.81. The Morgan fingerprint density at radius 2 is 1.64 bits per heavy atom. The van der Waals surface area contributed by atoms with Crippen LogP contribution in [-0.4, -0.2) is 20.9 Å². The number of hydrogen-bond donors (Lipinski definition) is 2. The lowest BCUT2D eigenvalue weighted by atomic mass is 9.89. The summed E-state index contributed by atoms with van der Waals surface area (Å²) in [5, 5.41) is 2.81. The van der Waals surface area contributed by atoms with E-state index in [-0.39, 0.29) is 10.8 Å². The Bertz CT molecular complexity index is 935. The molecule has 7 heteroatoms. The van der Waals surface area contributed by atoms with Crippen LogP contribution in [0.3, 0.4) is 0 Å². The van der Waals surface area contributed by atoms with Crippen LogP contribution in [0.25, 0.3) is 0 Å². The predicted octanol–water partition coefficient (Wildman–Crippen LogP) is 4.57. The third kappa shape index (κ3) is 5.25. The van der Waals surface area contributed by atoms with Crippen LogP contribution in [0.4, 0.5) is 11.4 Å². The van der Waals surface area contributed by atoms with Gasteiger partial charge in [0.05, 0.1) is 11.5 Å². The molecule has 6 nitrogen and oxygen atoms in total. The highest BCUT2D eigenvalue weighted by Gasteiger charge is 2.26. The van der Waals surface area contributed by atoms with Gasteiger partial charge < -0.3 is 10.1 Å². The molecule has 2 aromatic carbocycles. The number of amides is 1. The van der Waals surface area contributed by atoms with Crippen LogP contribution >= 0.6 is 0 Å². The molecule has 0 fully saturated rings. The summed E-state index contributed by atoms with van der Waals surface area (Å²) in [6.07, 6.45) is 0.676. The van der Waals surface area contributed by atoms with Crippen molar-refractivity contribution in [1.29, 1.82) is 0 Å². The molecule has 0 bridgehead atoms. The van der Waals surface area contributed by atoms with Crippen LogP contribution in [0.2, 0.25) is 0 Å². The average molecular weight is 405 g/mol. The zero-order valence-electron chi connectivity index (χ0n) is 17.0. The topological polar surface area (TPSA) is 84.5 Å². The van der Waals surface area contributed by atoms with Gasteiger partial charge in [-0.2, -0.15) is 0 Å². The van der Waals surface area contributed by atoms with Crippen molar-refractivity contribution in [3.05, 3.63) is 48.0 Å². The summed E-state index contributed by atoms with van der Waals surface area (Å²) in [4.78, 5) is 12.5. The molecule has 0 spiro atoms.